The summed E-state index contributed by atoms with van der Waals surface area (Å²) in [4.78, 5) is 32.7. The van der Waals surface area contributed by atoms with E-state index in [-0.39, 0.29) is 36.2 Å². The van der Waals surface area contributed by atoms with Crippen LogP contribution in [0.1, 0.15) is 59.5 Å². The van der Waals surface area contributed by atoms with Crippen molar-refractivity contribution in [3.63, 3.8) is 0 Å². The number of amides is 2. The molecule has 1 N–H and O–H groups in total. The first-order chi connectivity index (χ1) is 20.0. The minimum absolute atomic E-state index is 0.0115. The van der Waals surface area contributed by atoms with Gasteiger partial charge in [0.1, 0.15) is 24.0 Å². The number of nitrogens with zero attached hydrogens (tertiary/aromatic N) is 4. The molecule has 0 aliphatic carbocycles. The molecule has 4 aromatic rings. The topological polar surface area (TPSA) is 80.1 Å². The minimum atomic E-state index is -0.701. The molecule has 3 heterocycles. The lowest BCUT2D eigenvalue weighted by atomic mass is 9.87. The number of anilines is 1. The Morgan fingerprint density at radius 1 is 1.12 bits per heavy atom. The van der Waals surface area contributed by atoms with Crippen molar-refractivity contribution in [2.24, 2.45) is 0 Å². The smallest absolute Gasteiger partial charge is 0.240 e. The van der Waals surface area contributed by atoms with Gasteiger partial charge in [-0.05, 0) is 48.7 Å². The molecule has 0 saturated heterocycles. The molecule has 1 aliphatic heterocycles. The summed E-state index contributed by atoms with van der Waals surface area (Å²) in [6, 6.07) is 13.0. The molecule has 0 fully saturated rings. The van der Waals surface area contributed by atoms with Crippen LogP contribution in [0.4, 0.5) is 14.6 Å². The molecule has 1 aliphatic rings. The van der Waals surface area contributed by atoms with Crippen LogP contribution in [0.25, 0.3) is 5.69 Å². The van der Waals surface area contributed by atoms with Gasteiger partial charge < -0.3 is 5.32 Å². The summed E-state index contributed by atoms with van der Waals surface area (Å²) in [5.74, 6) is -1.65. The SMILES string of the molecule is Cc1cccc(-n2nc(C(C)(C)C)c3c2N(CC(=O)NCc2cccnc2)C(=O)CS[C@@H]3c2ccc(F)cc2F)c1C. The van der Waals surface area contributed by atoms with Crippen molar-refractivity contribution in [2.45, 2.75) is 51.8 Å². The fraction of sp³-hybridized carbons (Fsp3) is 0.312. The van der Waals surface area contributed by atoms with Crippen molar-refractivity contribution in [3.8, 4) is 5.69 Å². The standard InChI is InChI=1S/C32H33F2N5O2S/c1-19-8-6-10-25(20(19)2)39-31-28(30(37-39)32(3,4)5)29(23-12-11-22(33)14-24(23)34)42-18-27(41)38(31)17-26(40)36-16-21-9-7-13-35-15-21/h6-15,29H,16-18H2,1-5H3,(H,36,40)/t29-/m1/s1. The molecule has 0 radical (unpaired) electrons. The quantitative estimate of drug-likeness (QED) is 0.301. The van der Waals surface area contributed by atoms with Gasteiger partial charge in [0.2, 0.25) is 11.8 Å². The second-order valence-corrected chi connectivity index (χ2v) is 12.5. The van der Waals surface area contributed by atoms with Crippen LogP contribution in [0.15, 0.2) is 60.9 Å². The van der Waals surface area contributed by atoms with Gasteiger partial charge in [-0.25, -0.2) is 13.5 Å². The molecular weight excluding hydrogens is 556 g/mol. The normalized spacial score (nSPS) is 15.4. The van der Waals surface area contributed by atoms with Gasteiger partial charge in [-0.1, -0.05) is 45.0 Å². The van der Waals surface area contributed by atoms with E-state index in [1.807, 2.05) is 58.9 Å². The second kappa shape index (κ2) is 11.7. The molecule has 2 aromatic heterocycles. The number of halogens is 2. The Morgan fingerprint density at radius 2 is 1.90 bits per heavy atom. The lowest BCUT2D eigenvalue weighted by Crippen LogP contribution is -2.42. The zero-order chi connectivity index (χ0) is 30.2. The molecule has 0 saturated carbocycles. The van der Waals surface area contributed by atoms with Gasteiger partial charge >= 0.3 is 0 Å². The number of aryl methyl sites for hydroxylation is 1. The van der Waals surface area contributed by atoms with Crippen LogP contribution in [-0.2, 0) is 21.5 Å². The number of benzene rings is 2. The second-order valence-electron chi connectivity index (χ2n) is 11.4. The summed E-state index contributed by atoms with van der Waals surface area (Å²) < 4.78 is 31.0. The molecule has 7 nitrogen and oxygen atoms in total. The molecule has 5 rings (SSSR count). The third-order valence-electron chi connectivity index (χ3n) is 7.36. The van der Waals surface area contributed by atoms with E-state index in [2.05, 4.69) is 10.3 Å². The van der Waals surface area contributed by atoms with Crippen LogP contribution >= 0.6 is 11.8 Å². The molecule has 1 atom stereocenters. The molecule has 0 spiro atoms. The Hall–Kier alpha value is -4.05. The third kappa shape index (κ3) is 5.81. The Morgan fingerprint density at radius 3 is 2.60 bits per heavy atom. The summed E-state index contributed by atoms with van der Waals surface area (Å²) in [6.45, 7) is 9.98. The van der Waals surface area contributed by atoms with Gasteiger partial charge in [0.05, 0.1) is 22.4 Å². The Kier molecular flexibility index (Phi) is 8.19. The monoisotopic (exact) mass is 589 g/mol. The van der Waals surface area contributed by atoms with Crippen molar-refractivity contribution in [1.82, 2.24) is 20.1 Å². The molecule has 218 valence electrons. The van der Waals surface area contributed by atoms with Gasteiger partial charge in [0.15, 0.2) is 0 Å². The molecule has 42 heavy (non-hydrogen) atoms. The fourth-order valence-electron chi connectivity index (χ4n) is 5.07. The average Bonchev–Trinajstić information content (AvgIpc) is 3.28. The van der Waals surface area contributed by atoms with Crippen molar-refractivity contribution >= 4 is 29.4 Å². The van der Waals surface area contributed by atoms with Crippen LogP contribution in [0.3, 0.4) is 0 Å². The Labute approximate surface area is 248 Å². The highest BCUT2D eigenvalue weighted by Crippen LogP contribution is 2.49. The maximum Gasteiger partial charge on any atom is 0.240 e. The summed E-state index contributed by atoms with van der Waals surface area (Å²) in [7, 11) is 0. The van der Waals surface area contributed by atoms with Gasteiger partial charge in [0.25, 0.3) is 0 Å². The van der Waals surface area contributed by atoms with Gasteiger partial charge in [-0.3, -0.25) is 19.5 Å². The summed E-state index contributed by atoms with van der Waals surface area (Å²) >= 11 is 1.25. The maximum atomic E-state index is 15.4. The van der Waals surface area contributed by atoms with E-state index in [9.17, 15) is 14.0 Å². The number of hydrogen-bond acceptors (Lipinski definition) is 5. The predicted molar refractivity (Wildman–Crippen MR) is 161 cm³/mol. The number of pyridine rings is 1. The number of rotatable bonds is 6. The first kappa shape index (κ1) is 29.4. The van der Waals surface area contributed by atoms with E-state index in [1.165, 1.54) is 28.8 Å². The highest BCUT2D eigenvalue weighted by molar-refractivity contribution is 8.00. The number of fused-ring (bicyclic) bond motifs is 1. The van der Waals surface area contributed by atoms with Crippen molar-refractivity contribution in [3.05, 3.63) is 106 Å². The summed E-state index contributed by atoms with van der Waals surface area (Å²) in [6.07, 6.45) is 3.32. The number of hydrogen-bond donors (Lipinski definition) is 1. The van der Waals surface area contributed by atoms with Crippen LogP contribution in [0, 0.1) is 25.5 Å². The van der Waals surface area contributed by atoms with E-state index in [1.54, 1.807) is 23.1 Å². The van der Waals surface area contributed by atoms with Crippen molar-refractivity contribution in [1.29, 1.82) is 0 Å². The van der Waals surface area contributed by atoms with E-state index < -0.39 is 22.3 Å². The molecule has 0 unspecified atom stereocenters. The molecule has 0 bridgehead atoms. The Bertz CT molecular complexity index is 1650. The van der Waals surface area contributed by atoms with Crippen molar-refractivity contribution < 1.29 is 18.4 Å². The molecule has 2 amide bonds. The van der Waals surface area contributed by atoms with Gasteiger partial charge in [-0.2, -0.15) is 5.10 Å². The molecule has 10 heteroatoms. The van der Waals surface area contributed by atoms with E-state index >= 15 is 4.39 Å². The van der Waals surface area contributed by atoms with Crippen LogP contribution in [-0.4, -0.2) is 38.9 Å². The number of carbonyl (C=O) groups is 2. The van der Waals surface area contributed by atoms with Gasteiger partial charge in [0, 0.05) is 41.5 Å². The largest absolute Gasteiger partial charge is 0.350 e. The van der Waals surface area contributed by atoms with E-state index in [4.69, 9.17) is 5.10 Å². The number of carbonyl (C=O) groups excluding carboxylic acids is 2. The van der Waals surface area contributed by atoms with E-state index in [0.717, 1.165) is 28.4 Å². The van der Waals surface area contributed by atoms with Crippen LogP contribution in [0.2, 0.25) is 0 Å². The zero-order valence-corrected chi connectivity index (χ0v) is 25.1. The zero-order valence-electron chi connectivity index (χ0n) is 24.2. The highest BCUT2D eigenvalue weighted by Gasteiger charge is 2.40. The third-order valence-corrected chi connectivity index (χ3v) is 8.60. The van der Waals surface area contributed by atoms with Crippen LogP contribution in [0.5, 0.6) is 0 Å². The lowest BCUT2D eigenvalue weighted by Gasteiger charge is -2.25. The average molecular weight is 590 g/mol. The van der Waals surface area contributed by atoms with E-state index in [0.29, 0.717) is 17.1 Å². The highest BCUT2D eigenvalue weighted by atomic mass is 32.2. The maximum absolute atomic E-state index is 15.4. The molecular formula is C32H33F2N5O2S. The summed E-state index contributed by atoms with van der Waals surface area (Å²) in [5.41, 5.74) is 4.60. The fourth-order valence-corrected chi connectivity index (χ4v) is 6.29. The molecule has 2 aromatic carbocycles. The van der Waals surface area contributed by atoms with Gasteiger partial charge in [-0.15, -0.1) is 11.8 Å². The van der Waals surface area contributed by atoms with Crippen LogP contribution < -0.4 is 10.2 Å². The number of aromatic nitrogens is 3. The first-order valence-corrected chi connectivity index (χ1v) is 14.7. The lowest BCUT2D eigenvalue weighted by molar-refractivity contribution is -0.123. The number of nitrogens with one attached hydrogen (secondary N) is 1. The Balaban J connectivity index is 1.70. The number of thioether (sulfide) groups is 1. The summed E-state index contributed by atoms with van der Waals surface area (Å²) in [5, 5.41) is 7.27. The van der Waals surface area contributed by atoms with Crippen molar-refractivity contribution in [2.75, 3.05) is 17.2 Å². The predicted octanol–water partition coefficient (Wildman–Crippen LogP) is 5.95. The first-order valence-electron chi connectivity index (χ1n) is 13.7. The minimum Gasteiger partial charge on any atom is -0.350 e.